The highest BCUT2D eigenvalue weighted by Gasteiger charge is 2.24. The van der Waals surface area contributed by atoms with E-state index in [2.05, 4.69) is 10.3 Å². The summed E-state index contributed by atoms with van der Waals surface area (Å²) in [5.74, 6) is -3.60. The number of benzene rings is 2. The van der Waals surface area contributed by atoms with Gasteiger partial charge in [0.05, 0.1) is 17.7 Å². The standard InChI is InChI=1S/C23H24N4O7/c24-23(25)26-14-6-8-16-13(10-14)4-7-15-12(2-1-3-18(15)34-22(16)33)5-9-19(28)27-17(21(31)32)11-20(29)30/h1-3,6,8,10,17H,4-5,7,9,11H2,(H,27,28)(H,29,30)(H,31,32)(H4,24,25,26)/t17-/m0/s1. The highest BCUT2D eigenvalue weighted by molar-refractivity contribution is 5.94. The molecule has 0 aliphatic carbocycles. The molecule has 1 aliphatic heterocycles. The second kappa shape index (κ2) is 10.5. The van der Waals surface area contributed by atoms with Crippen LogP contribution in [0.3, 0.4) is 0 Å². The minimum absolute atomic E-state index is 0.0704. The van der Waals surface area contributed by atoms with Gasteiger partial charge in [-0.1, -0.05) is 12.1 Å². The van der Waals surface area contributed by atoms with E-state index in [0.29, 0.717) is 35.4 Å². The van der Waals surface area contributed by atoms with Crippen molar-refractivity contribution in [2.24, 2.45) is 16.5 Å². The number of aliphatic imine (C=N–C) groups is 1. The summed E-state index contributed by atoms with van der Waals surface area (Å²) in [7, 11) is 0. The van der Waals surface area contributed by atoms with Crippen LogP contribution in [-0.4, -0.2) is 46.0 Å². The summed E-state index contributed by atoms with van der Waals surface area (Å²) in [5.41, 5.74) is 14.0. The SMILES string of the molecule is NC(N)=Nc1ccc2c(c1)CCc1c(CCC(=O)N[C@@H](CC(=O)O)C(=O)O)cccc1OC2=O. The number of esters is 1. The van der Waals surface area contributed by atoms with Gasteiger partial charge in [-0.2, -0.15) is 0 Å². The van der Waals surface area contributed by atoms with Crippen LogP contribution < -0.4 is 21.5 Å². The average Bonchev–Trinajstić information content (AvgIpc) is 2.74. The molecule has 0 unspecified atom stereocenters. The number of nitrogens with two attached hydrogens (primary N) is 2. The fraction of sp³-hybridized carbons (Fsp3) is 0.261. The van der Waals surface area contributed by atoms with E-state index in [4.69, 9.17) is 26.4 Å². The average molecular weight is 468 g/mol. The monoisotopic (exact) mass is 468 g/mol. The van der Waals surface area contributed by atoms with Crippen LogP contribution in [0.25, 0.3) is 0 Å². The van der Waals surface area contributed by atoms with Crippen molar-refractivity contribution in [3.05, 3.63) is 58.7 Å². The molecule has 1 heterocycles. The maximum atomic E-state index is 12.7. The van der Waals surface area contributed by atoms with E-state index in [0.717, 1.165) is 11.1 Å². The number of aliphatic carboxylic acids is 2. The zero-order valence-electron chi connectivity index (χ0n) is 18.1. The van der Waals surface area contributed by atoms with Crippen molar-refractivity contribution in [3.8, 4) is 5.75 Å². The summed E-state index contributed by atoms with van der Waals surface area (Å²) in [6, 6.07) is 8.59. The van der Waals surface area contributed by atoms with Gasteiger partial charge in [-0.15, -0.1) is 0 Å². The number of hydrogen-bond donors (Lipinski definition) is 5. The lowest BCUT2D eigenvalue weighted by atomic mass is 9.93. The molecule has 11 nitrogen and oxygen atoms in total. The third kappa shape index (κ3) is 6.09. The number of nitrogens with one attached hydrogen (secondary N) is 1. The van der Waals surface area contributed by atoms with Gasteiger partial charge < -0.3 is 31.7 Å². The highest BCUT2D eigenvalue weighted by Crippen LogP contribution is 2.30. The summed E-state index contributed by atoms with van der Waals surface area (Å²) >= 11 is 0. The molecule has 0 radical (unpaired) electrons. The number of rotatable bonds is 8. The maximum absolute atomic E-state index is 12.7. The van der Waals surface area contributed by atoms with E-state index in [1.54, 1.807) is 36.4 Å². The minimum atomic E-state index is -1.52. The molecule has 0 aromatic heterocycles. The first-order valence-electron chi connectivity index (χ1n) is 10.4. The zero-order valence-corrected chi connectivity index (χ0v) is 18.1. The number of hydrogen-bond acceptors (Lipinski definition) is 6. The molecule has 0 fully saturated rings. The Morgan fingerprint density at radius 1 is 1.12 bits per heavy atom. The Kier molecular flexibility index (Phi) is 7.46. The fourth-order valence-corrected chi connectivity index (χ4v) is 3.73. The first kappa shape index (κ1) is 24.2. The van der Waals surface area contributed by atoms with Gasteiger partial charge in [-0.3, -0.25) is 9.59 Å². The first-order valence-corrected chi connectivity index (χ1v) is 10.4. The Morgan fingerprint density at radius 3 is 2.56 bits per heavy atom. The van der Waals surface area contributed by atoms with Crippen LogP contribution in [-0.2, 0) is 33.6 Å². The van der Waals surface area contributed by atoms with E-state index < -0.39 is 36.3 Å². The van der Waals surface area contributed by atoms with Crippen LogP contribution in [0.4, 0.5) is 5.69 Å². The number of nitrogens with zero attached hydrogens (tertiary/aromatic N) is 1. The number of amides is 1. The van der Waals surface area contributed by atoms with E-state index in [-0.39, 0.29) is 18.8 Å². The van der Waals surface area contributed by atoms with Crippen LogP contribution in [0.1, 0.15) is 39.9 Å². The largest absolute Gasteiger partial charge is 0.481 e. The van der Waals surface area contributed by atoms with Crippen LogP contribution >= 0.6 is 0 Å². The predicted octanol–water partition coefficient (Wildman–Crippen LogP) is 0.886. The lowest BCUT2D eigenvalue weighted by Crippen LogP contribution is -2.42. The second-order valence-corrected chi connectivity index (χ2v) is 7.72. The Hall–Kier alpha value is -4.41. The van der Waals surface area contributed by atoms with Gasteiger partial charge in [0.15, 0.2) is 5.96 Å². The van der Waals surface area contributed by atoms with Crippen molar-refractivity contribution < 1.29 is 34.1 Å². The Labute approximate surface area is 194 Å². The van der Waals surface area contributed by atoms with Crippen LogP contribution in [0, 0.1) is 0 Å². The maximum Gasteiger partial charge on any atom is 0.343 e. The van der Waals surface area contributed by atoms with Crippen LogP contribution in [0.5, 0.6) is 5.75 Å². The molecular weight excluding hydrogens is 444 g/mol. The molecule has 2 aromatic carbocycles. The van der Waals surface area contributed by atoms with Crippen molar-refractivity contribution in [1.29, 1.82) is 0 Å². The smallest absolute Gasteiger partial charge is 0.343 e. The first-order chi connectivity index (χ1) is 16.1. The van der Waals surface area contributed by atoms with Crippen molar-refractivity contribution >= 4 is 35.5 Å². The number of carbonyl (C=O) groups is 4. The van der Waals surface area contributed by atoms with E-state index >= 15 is 0 Å². The van der Waals surface area contributed by atoms with E-state index in [1.807, 2.05) is 0 Å². The number of carboxylic acids is 2. The van der Waals surface area contributed by atoms with Gasteiger partial charge in [-0.25, -0.2) is 14.6 Å². The number of fused-ring (bicyclic) bond motifs is 2. The fourth-order valence-electron chi connectivity index (χ4n) is 3.73. The third-order valence-electron chi connectivity index (χ3n) is 5.28. The molecule has 178 valence electrons. The molecule has 1 amide bonds. The summed E-state index contributed by atoms with van der Waals surface area (Å²) < 4.78 is 5.60. The van der Waals surface area contributed by atoms with Gasteiger partial charge in [-0.05, 0) is 60.2 Å². The Bertz CT molecular complexity index is 1170. The molecule has 0 spiro atoms. The molecule has 2 aromatic rings. The van der Waals surface area contributed by atoms with Crippen molar-refractivity contribution in [2.75, 3.05) is 0 Å². The molecule has 0 bridgehead atoms. The molecule has 11 heteroatoms. The Morgan fingerprint density at radius 2 is 1.88 bits per heavy atom. The summed E-state index contributed by atoms with van der Waals surface area (Å²) in [5, 5.41) is 20.1. The summed E-state index contributed by atoms with van der Waals surface area (Å²) in [6.45, 7) is 0. The number of carboxylic acid groups (broad SMARTS) is 2. The molecule has 0 saturated carbocycles. The predicted molar refractivity (Wildman–Crippen MR) is 121 cm³/mol. The van der Waals surface area contributed by atoms with Crippen molar-refractivity contribution in [1.82, 2.24) is 5.32 Å². The quantitative estimate of drug-likeness (QED) is 0.162. The van der Waals surface area contributed by atoms with Gasteiger partial charge >= 0.3 is 17.9 Å². The molecule has 3 rings (SSSR count). The summed E-state index contributed by atoms with van der Waals surface area (Å²) in [4.78, 5) is 51.0. The van der Waals surface area contributed by atoms with Crippen molar-refractivity contribution in [3.63, 3.8) is 0 Å². The molecular formula is C23H24N4O7. The normalized spacial score (nSPS) is 13.2. The minimum Gasteiger partial charge on any atom is -0.481 e. The topological polar surface area (TPSA) is 194 Å². The third-order valence-corrected chi connectivity index (χ3v) is 5.28. The molecule has 7 N–H and O–H groups in total. The number of guanidine groups is 1. The number of aryl methyl sites for hydroxylation is 2. The van der Waals surface area contributed by atoms with Crippen LogP contribution in [0.2, 0.25) is 0 Å². The lowest BCUT2D eigenvalue weighted by molar-refractivity contribution is -0.147. The van der Waals surface area contributed by atoms with E-state index in [9.17, 15) is 19.2 Å². The molecule has 34 heavy (non-hydrogen) atoms. The molecule has 1 atom stereocenters. The molecule has 1 aliphatic rings. The lowest BCUT2D eigenvalue weighted by Gasteiger charge is -2.19. The van der Waals surface area contributed by atoms with Crippen molar-refractivity contribution in [2.45, 2.75) is 38.1 Å². The number of carbonyl (C=O) groups excluding carboxylic acids is 2. The van der Waals surface area contributed by atoms with Gasteiger partial charge in [0.1, 0.15) is 11.8 Å². The van der Waals surface area contributed by atoms with Crippen LogP contribution in [0.15, 0.2) is 41.4 Å². The number of ether oxygens (including phenoxy) is 1. The van der Waals surface area contributed by atoms with Gasteiger partial charge in [0, 0.05) is 6.42 Å². The zero-order chi connectivity index (χ0) is 24.8. The molecule has 0 saturated heterocycles. The van der Waals surface area contributed by atoms with Gasteiger partial charge in [0.25, 0.3) is 0 Å². The summed E-state index contributed by atoms with van der Waals surface area (Å²) in [6.07, 6.45) is 0.453. The van der Waals surface area contributed by atoms with E-state index in [1.165, 1.54) is 0 Å². The Balaban J connectivity index is 1.77. The van der Waals surface area contributed by atoms with Gasteiger partial charge in [0.2, 0.25) is 5.91 Å². The highest BCUT2D eigenvalue weighted by atomic mass is 16.5. The second-order valence-electron chi connectivity index (χ2n) is 7.72.